The Hall–Kier alpha value is -3.02. The van der Waals surface area contributed by atoms with Crippen LogP contribution in [0.4, 0.5) is 11.4 Å². The number of nitro benzene ring substituents is 1. The molecular weight excluding hydrogens is 471 g/mol. The van der Waals surface area contributed by atoms with Gasteiger partial charge in [0, 0.05) is 18.2 Å². The van der Waals surface area contributed by atoms with Crippen molar-refractivity contribution in [2.45, 2.75) is 11.8 Å². The number of carbonyl (C=O) groups is 1. The van der Waals surface area contributed by atoms with E-state index in [9.17, 15) is 14.9 Å². The minimum absolute atomic E-state index is 0.0426. The van der Waals surface area contributed by atoms with Gasteiger partial charge >= 0.3 is 0 Å². The third kappa shape index (κ3) is 6.23. The van der Waals surface area contributed by atoms with E-state index in [1.54, 1.807) is 31.4 Å². The zero-order valence-electron chi connectivity index (χ0n) is 15.8. The summed E-state index contributed by atoms with van der Waals surface area (Å²) in [6.45, 7) is 0.0426. The monoisotopic (exact) mass is 484 g/mol. The first-order valence-electron chi connectivity index (χ1n) is 8.51. The van der Waals surface area contributed by atoms with Gasteiger partial charge in [0.2, 0.25) is 5.91 Å². The SMILES string of the molecule is COc1cccc(OCc2nnc(SCC(=O)Nc3c(Cl)cc([N+](=O)[O-])cc3Cl)o2)c1. The van der Waals surface area contributed by atoms with Crippen molar-refractivity contribution < 1.29 is 23.6 Å². The van der Waals surface area contributed by atoms with E-state index in [-0.39, 0.29) is 44.9 Å². The molecule has 0 saturated carbocycles. The third-order valence-corrected chi connectivity index (χ3v) is 5.10. The second kappa shape index (κ2) is 10.3. The van der Waals surface area contributed by atoms with Crippen molar-refractivity contribution in [1.82, 2.24) is 10.2 Å². The van der Waals surface area contributed by atoms with Crippen molar-refractivity contribution >= 4 is 52.2 Å². The number of hydrogen-bond donors (Lipinski definition) is 1. The number of non-ortho nitro benzene ring substituents is 1. The van der Waals surface area contributed by atoms with Gasteiger partial charge in [-0.3, -0.25) is 14.9 Å². The van der Waals surface area contributed by atoms with E-state index in [1.165, 1.54) is 0 Å². The first-order chi connectivity index (χ1) is 14.9. The Morgan fingerprint density at radius 1 is 1.23 bits per heavy atom. The molecule has 0 bridgehead atoms. The predicted octanol–water partition coefficient (Wildman–Crippen LogP) is 4.60. The van der Waals surface area contributed by atoms with E-state index in [1.807, 2.05) is 0 Å². The molecule has 10 nitrogen and oxygen atoms in total. The molecule has 1 aromatic heterocycles. The molecule has 0 aliphatic heterocycles. The van der Waals surface area contributed by atoms with E-state index in [0.717, 1.165) is 23.9 Å². The molecule has 0 saturated heterocycles. The Labute approximate surface area is 190 Å². The fourth-order valence-electron chi connectivity index (χ4n) is 2.28. The lowest BCUT2D eigenvalue weighted by Gasteiger charge is -2.08. The Bertz CT molecular complexity index is 1090. The summed E-state index contributed by atoms with van der Waals surface area (Å²) in [5.41, 5.74) is -0.200. The number of aromatic nitrogens is 2. The van der Waals surface area contributed by atoms with Gasteiger partial charge in [-0.1, -0.05) is 41.0 Å². The number of rotatable bonds is 9. The van der Waals surface area contributed by atoms with Crippen LogP contribution < -0.4 is 14.8 Å². The van der Waals surface area contributed by atoms with Crippen LogP contribution >= 0.6 is 35.0 Å². The standard InChI is InChI=1S/C18H14Cl2N4O6S/c1-28-11-3-2-4-12(7-11)29-8-16-22-23-18(30-16)31-9-15(25)21-17-13(19)5-10(24(26)27)6-14(17)20/h2-7H,8-9H2,1H3,(H,21,25). The lowest BCUT2D eigenvalue weighted by Crippen LogP contribution is -2.14. The fourth-order valence-corrected chi connectivity index (χ4v) is 3.43. The predicted molar refractivity (Wildman–Crippen MR) is 114 cm³/mol. The number of amides is 1. The van der Waals surface area contributed by atoms with E-state index in [0.29, 0.717) is 11.5 Å². The maximum atomic E-state index is 12.2. The van der Waals surface area contributed by atoms with Gasteiger partial charge in [0.1, 0.15) is 11.5 Å². The number of carbonyl (C=O) groups excluding carboxylic acids is 1. The van der Waals surface area contributed by atoms with Crippen molar-refractivity contribution in [3.63, 3.8) is 0 Å². The summed E-state index contributed by atoms with van der Waals surface area (Å²) in [4.78, 5) is 22.4. The average Bonchev–Trinajstić information content (AvgIpc) is 3.21. The number of thioether (sulfide) groups is 1. The number of methoxy groups -OCH3 is 1. The summed E-state index contributed by atoms with van der Waals surface area (Å²) >= 11 is 12.9. The van der Waals surface area contributed by atoms with Gasteiger partial charge in [-0.15, -0.1) is 10.2 Å². The number of benzene rings is 2. The van der Waals surface area contributed by atoms with Crippen LogP contribution in [0.25, 0.3) is 0 Å². The number of nitrogens with one attached hydrogen (secondary N) is 1. The van der Waals surface area contributed by atoms with Crippen LogP contribution in [0.15, 0.2) is 46.0 Å². The maximum absolute atomic E-state index is 12.2. The van der Waals surface area contributed by atoms with Crippen molar-refractivity contribution in [1.29, 1.82) is 0 Å². The lowest BCUT2D eigenvalue weighted by atomic mass is 10.3. The molecule has 1 amide bonds. The molecule has 0 unspecified atom stereocenters. The lowest BCUT2D eigenvalue weighted by molar-refractivity contribution is -0.384. The average molecular weight is 485 g/mol. The van der Waals surface area contributed by atoms with Gasteiger partial charge in [-0.2, -0.15) is 0 Å². The Morgan fingerprint density at radius 2 is 1.94 bits per heavy atom. The first kappa shape index (κ1) is 22.7. The molecule has 31 heavy (non-hydrogen) atoms. The Kier molecular flexibility index (Phi) is 7.55. The smallest absolute Gasteiger partial charge is 0.277 e. The molecule has 162 valence electrons. The summed E-state index contributed by atoms with van der Waals surface area (Å²) in [6, 6.07) is 9.24. The van der Waals surface area contributed by atoms with Crippen LogP contribution in [0.5, 0.6) is 11.5 Å². The largest absolute Gasteiger partial charge is 0.497 e. The summed E-state index contributed by atoms with van der Waals surface area (Å²) < 4.78 is 16.1. The highest BCUT2D eigenvalue weighted by Gasteiger charge is 2.17. The van der Waals surface area contributed by atoms with Crippen molar-refractivity contribution in [2.75, 3.05) is 18.2 Å². The molecule has 0 spiro atoms. The van der Waals surface area contributed by atoms with Gasteiger partial charge in [0.05, 0.1) is 33.5 Å². The topological polar surface area (TPSA) is 130 Å². The second-order valence-electron chi connectivity index (χ2n) is 5.81. The van der Waals surface area contributed by atoms with E-state index in [4.69, 9.17) is 37.1 Å². The number of ether oxygens (including phenoxy) is 2. The number of hydrogen-bond acceptors (Lipinski definition) is 9. The minimum Gasteiger partial charge on any atom is -0.497 e. The van der Waals surface area contributed by atoms with Gasteiger partial charge in [0.15, 0.2) is 6.61 Å². The molecule has 0 atom stereocenters. The van der Waals surface area contributed by atoms with Gasteiger partial charge in [-0.25, -0.2) is 0 Å². The Balaban J connectivity index is 1.52. The number of halogens is 2. The van der Waals surface area contributed by atoms with E-state index < -0.39 is 10.8 Å². The van der Waals surface area contributed by atoms with Crippen LogP contribution in [-0.2, 0) is 11.4 Å². The molecule has 2 aromatic carbocycles. The van der Waals surface area contributed by atoms with Crippen molar-refractivity contribution in [3.05, 3.63) is 62.4 Å². The molecular formula is C18H14Cl2N4O6S. The first-order valence-corrected chi connectivity index (χ1v) is 10.2. The van der Waals surface area contributed by atoms with Crippen LogP contribution in [0.2, 0.25) is 10.0 Å². The quantitative estimate of drug-likeness (QED) is 0.262. The molecule has 1 N–H and O–H groups in total. The number of nitro groups is 1. The molecule has 0 fully saturated rings. The summed E-state index contributed by atoms with van der Waals surface area (Å²) in [6.07, 6.45) is 0. The third-order valence-electron chi connectivity index (χ3n) is 3.68. The van der Waals surface area contributed by atoms with Gasteiger partial charge < -0.3 is 19.2 Å². The second-order valence-corrected chi connectivity index (χ2v) is 7.55. The van der Waals surface area contributed by atoms with E-state index >= 15 is 0 Å². The minimum atomic E-state index is -0.635. The number of anilines is 1. The summed E-state index contributed by atoms with van der Waals surface area (Å²) in [5.74, 6) is 0.908. The zero-order chi connectivity index (χ0) is 22.4. The molecule has 1 heterocycles. The van der Waals surface area contributed by atoms with Gasteiger partial charge in [0.25, 0.3) is 16.8 Å². The zero-order valence-corrected chi connectivity index (χ0v) is 18.2. The summed E-state index contributed by atoms with van der Waals surface area (Å²) in [5, 5.41) is 21.1. The van der Waals surface area contributed by atoms with Gasteiger partial charge in [-0.05, 0) is 12.1 Å². The maximum Gasteiger partial charge on any atom is 0.277 e. The number of nitrogens with zero attached hydrogens (tertiary/aromatic N) is 3. The van der Waals surface area contributed by atoms with Crippen molar-refractivity contribution in [2.24, 2.45) is 0 Å². The Morgan fingerprint density at radius 3 is 2.61 bits per heavy atom. The molecule has 0 aliphatic carbocycles. The van der Waals surface area contributed by atoms with Crippen LogP contribution in [0.3, 0.4) is 0 Å². The van der Waals surface area contributed by atoms with Crippen molar-refractivity contribution in [3.8, 4) is 11.5 Å². The molecule has 3 aromatic rings. The molecule has 0 radical (unpaired) electrons. The fraction of sp³-hybridized carbons (Fsp3) is 0.167. The highest BCUT2D eigenvalue weighted by Crippen LogP contribution is 2.34. The van der Waals surface area contributed by atoms with Crippen LogP contribution in [0.1, 0.15) is 5.89 Å². The normalized spacial score (nSPS) is 10.5. The molecule has 0 aliphatic rings. The summed E-state index contributed by atoms with van der Waals surface area (Å²) in [7, 11) is 1.56. The van der Waals surface area contributed by atoms with E-state index in [2.05, 4.69) is 15.5 Å². The van der Waals surface area contributed by atoms with Crippen LogP contribution in [0, 0.1) is 10.1 Å². The van der Waals surface area contributed by atoms with Crippen LogP contribution in [-0.4, -0.2) is 33.9 Å². The molecule has 3 rings (SSSR count). The highest BCUT2D eigenvalue weighted by molar-refractivity contribution is 7.99. The highest BCUT2D eigenvalue weighted by atomic mass is 35.5. The molecule has 13 heteroatoms.